The Morgan fingerprint density at radius 2 is 2.11 bits per heavy atom. The SMILES string of the molecule is CCCCOC(=O)CN(C)Cc1ccccc1Cl. The third-order valence-corrected chi connectivity index (χ3v) is 2.93. The van der Waals surface area contributed by atoms with Gasteiger partial charge in [-0.1, -0.05) is 43.1 Å². The Bertz CT molecular complexity index is 382. The monoisotopic (exact) mass is 269 g/mol. The topological polar surface area (TPSA) is 29.5 Å². The fourth-order valence-corrected chi connectivity index (χ4v) is 1.77. The van der Waals surface area contributed by atoms with Crippen molar-refractivity contribution >= 4 is 17.6 Å². The summed E-state index contributed by atoms with van der Waals surface area (Å²) in [5.41, 5.74) is 1.02. The second-order valence-electron chi connectivity index (χ2n) is 4.34. The minimum atomic E-state index is -0.182. The molecule has 0 aliphatic heterocycles. The van der Waals surface area contributed by atoms with E-state index >= 15 is 0 Å². The number of hydrogen-bond acceptors (Lipinski definition) is 3. The van der Waals surface area contributed by atoms with Crippen molar-refractivity contribution in [1.29, 1.82) is 0 Å². The molecule has 0 unspecified atom stereocenters. The molecule has 0 atom stereocenters. The van der Waals surface area contributed by atoms with Gasteiger partial charge in [-0.15, -0.1) is 0 Å². The molecule has 1 rings (SSSR count). The van der Waals surface area contributed by atoms with Gasteiger partial charge < -0.3 is 4.74 Å². The quantitative estimate of drug-likeness (QED) is 0.563. The Kier molecular flexibility index (Phi) is 6.76. The van der Waals surface area contributed by atoms with Gasteiger partial charge in [0.15, 0.2) is 0 Å². The molecule has 1 aromatic rings. The van der Waals surface area contributed by atoms with Crippen LogP contribution >= 0.6 is 11.6 Å². The summed E-state index contributed by atoms with van der Waals surface area (Å²) in [6.07, 6.45) is 1.95. The smallest absolute Gasteiger partial charge is 0.320 e. The maximum Gasteiger partial charge on any atom is 0.320 e. The van der Waals surface area contributed by atoms with Crippen LogP contribution in [0.4, 0.5) is 0 Å². The fraction of sp³-hybridized carbons (Fsp3) is 0.500. The first kappa shape index (κ1) is 15.0. The van der Waals surface area contributed by atoms with Gasteiger partial charge in [-0.05, 0) is 25.1 Å². The van der Waals surface area contributed by atoms with Crippen molar-refractivity contribution in [3.05, 3.63) is 34.9 Å². The molecule has 0 radical (unpaired) electrons. The number of unbranched alkanes of at least 4 members (excludes halogenated alkanes) is 1. The van der Waals surface area contributed by atoms with E-state index in [9.17, 15) is 4.79 Å². The van der Waals surface area contributed by atoms with Crippen LogP contribution in [-0.2, 0) is 16.1 Å². The highest BCUT2D eigenvalue weighted by Crippen LogP contribution is 2.16. The van der Waals surface area contributed by atoms with Gasteiger partial charge in [-0.2, -0.15) is 0 Å². The van der Waals surface area contributed by atoms with Gasteiger partial charge in [0.05, 0.1) is 13.2 Å². The molecule has 0 aromatic heterocycles. The Morgan fingerprint density at radius 3 is 2.78 bits per heavy atom. The van der Waals surface area contributed by atoms with Crippen molar-refractivity contribution in [3.63, 3.8) is 0 Å². The summed E-state index contributed by atoms with van der Waals surface area (Å²) in [4.78, 5) is 13.4. The molecule has 1 aromatic carbocycles. The standard InChI is InChI=1S/C14H20ClNO2/c1-3-4-9-18-14(17)11-16(2)10-12-7-5-6-8-13(12)15/h5-8H,3-4,9-11H2,1-2H3. The number of carbonyl (C=O) groups is 1. The van der Waals surface area contributed by atoms with Gasteiger partial charge in [-0.3, -0.25) is 9.69 Å². The molecular weight excluding hydrogens is 250 g/mol. The molecule has 3 nitrogen and oxygen atoms in total. The largest absolute Gasteiger partial charge is 0.465 e. The molecule has 0 spiro atoms. The molecular formula is C14H20ClNO2. The molecule has 0 aliphatic rings. The van der Waals surface area contributed by atoms with Crippen LogP contribution in [0.1, 0.15) is 25.3 Å². The zero-order valence-corrected chi connectivity index (χ0v) is 11.7. The minimum absolute atomic E-state index is 0.182. The van der Waals surface area contributed by atoms with Crippen molar-refractivity contribution in [3.8, 4) is 0 Å². The third kappa shape index (κ3) is 5.52. The van der Waals surface area contributed by atoms with Crippen molar-refractivity contribution in [1.82, 2.24) is 4.90 Å². The van der Waals surface area contributed by atoms with Gasteiger partial charge in [0.25, 0.3) is 0 Å². The molecule has 0 bridgehead atoms. The Morgan fingerprint density at radius 1 is 1.39 bits per heavy atom. The number of hydrogen-bond donors (Lipinski definition) is 0. The van der Waals surface area contributed by atoms with Crippen LogP contribution in [0, 0.1) is 0 Å². The highest BCUT2D eigenvalue weighted by atomic mass is 35.5. The normalized spacial score (nSPS) is 10.7. The van der Waals surface area contributed by atoms with E-state index in [-0.39, 0.29) is 12.5 Å². The minimum Gasteiger partial charge on any atom is -0.465 e. The zero-order valence-electron chi connectivity index (χ0n) is 11.0. The number of ether oxygens (including phenoxy) is 1. The number of nitrogens with zero attached hydrogens (tertiary/aromatic N) is 1. The lowest BCUT2D eigenvalue weighted by molar-refractivity contribution is -0.144. The van der Waals surface area contributed by atoms with Crippen LogP contribution in [0.5, 0.6) is 0 Å². The fourth-order valence-electron chi connectivity index (χ4n) is 1.57. The number of carbonyl (C=O) groups excluding carboxylic acids is 1. The van der Waals surface area contributed by atoms with Crippen molar-refractivity contribution in [2.45, 2.75) is 26.3 Å². The number of esters is 1. The molecule has 0 fully saturated rings. The number of likely N-dealkylation sites (N-methyl/N-ethyl adjacent to an activating group) is 1. The highest BCUT2D eigenvalue weighted by molar-refractivity contribution is 6.31. The Hall–Kier alpha value is -1.06. The van der Waals surface area contributed by atoms with Crippen LogP contribution in [0.15, 0.2) is 24.3 Å². The molecule has 4 heteroatoms. The van der Waals surface area contributed by atoms with E-state index in [1.54, 1.807) is 0 Å². The van der Waals surface area contributed by atoms with Gasteiger partial charge in [0.2, 0.25) is 0 Å². The molecule has 0 amide bonds. The van der Waals surface area contributed by atoms with E-state index in [0.717, 1.165) is 23.4 Å². The van der Waals surface area contributed by atoms with E-state index in [2.05, 4.69) is 6.92 Å². The molecule has 0 N–H and O–H groups in total. The maximum absolute atomic E-state index is 11.5. The third-order valence-electron chi connectivity index (χ3n) is 2.56. The first-order chi connectivity index (χ1) is 8.63. The number of halogens is 1. The molecule has 0 aliphatic carbocycles. The lowest BCUT2D eigenvalue weighted by atomic mass is 10.2. The number of benzene rings is 1. The molecule has 0 saturated carbocycles. The first-order valence-electron chi connectivity index (χ1n) is 6.21. The van der Waals surface area contributed by atoms with Crippen LogP contribution in [0.2, 0.25) is 5.02 Å². The lowest BCUT2D eigenvalue weighted by Gasteiger charge is -2.16. The summed E-state index contributed by atoms with van der Waals surface area (Å²) >= 11 is 6.06. The molecule has 0 heterocycles. The Labute approximate surface area is 114 Å². The second kappa shape index (κ2) is 8.11. The van der Waals surface area contributed by atoms with Crippen LogP contribution in [0.3, 0.4) is 0 Å². The summed E-state index contributed by atoms with van der Waals surface area (Å²) in [5.74, 6) is -0.182. The highest BCUT2D eigenvalue weighted by Gasteiger charge is 2.09. The summed E-state index contributed by atoms with van der Waals surface area (Å²) < 4.78 is 5.11. The van der Waals surface area contributed by atoms with Gasteiger partial charge in [0, 0.05) is 11.6 Å². The van der Waals surface area contributed by atoms with Crippen LogP contribution in [0.25, 0.3) is 0 Å². The predicted octanol–water partition coefficient (Wildman–Crippen LogP) is 3.12. The van der Waals surface area contributed by atoms with Crippen molar-refractivity contribution in [2.75, 3.05) is 20.2 Å². The van der Waals surface area contributed by atoms with Gasteiger partial charge >= 0.3 is 5.97 Å². The second-order valence-corrected chi connectivity index (χ2v) is 4.74. The van der Waals surface area contributed by atoms with E-state index in [1.807, 2.05) is 36.2 Å². The molecule has 18 heavy (non-hydrogen) atoms. The summed E-state index contributed by atoms with van der Waals surface area (Å²) in [6.45, 7) is 3.50. The zero-order chi connectivity index (χ0) is 13.4. The average molecular weight is 270 g/mol. The molecule has 0 saturated heterocycles. The van der Waals surface area contributed by atoms with E-state index in [4.69, 9.17) is 16.3 Å². The van der Waals surface area contributed by atoms with Gasteiger partial charge in [0.1, 0.15) is 0 Å². The predicted molar refractivity (Wildman–Crippen MR) is 73.7 cm³/mol. The summed E-state index contributed by atoms with van der Waals surface area (Å²) in [5, 5.41) is 0.726. The van der Waals surface area contributed by atoms with E-state index < -0.39 is 0 Å². The van der Waals surface area contributed by atoms with E-state index in [1.165, 1.54) is 0 Å². The van der Waals surface area contributed by atoms with E-state index in [0.29, 0.717) is 13.2 Å². The number of rotatable bonds is 7. The van der Waals surface area contributed by atoms with Crippen LogP contribution in [-0.4, -0.2) is 31.1 Å². The maximum atomic E-state index is 11.5. The summed E-state index contributed by atoms with van der Waals surface area (Å²) in [7, 11) is 1.88. The lowest BCUT2D eigenvalue weighted by Crippen LogP contribution is -2.27. The van der Waals surface area contributed by atoms with Crippen molar-refractivity contribution < 1.29 is 9.53 Å². The van der Waals surface area contributed by atoms with Crippen molar-refractivity contribution in [2.24, 2.45) is 0 Å². The van der Waals surface area contributed by atoms with Gasteiger partial charge in [-0.25, -0.2) is 0 Å². The Balaban J connectivity index is 2.35. The first-order valence-corrected chi connectivity index (χ1v) is 6.59. The molecule has 100 valence electrons. The van der Waals surface area contributed by atoms with Crippen LogP contribution < -0.4 is 0 Å². The average Bonchev–Trinajstić information content (AvgIpc) is 2.32. The summed E-state index contributed by atoms with van der Waals surface area (Å²) in [6, 6.07) is 7.64.